The van der Waals surface area contributed by atoms with E-state index in [0.717, 1.165) is 66.1 Å². The van der Waals surface area contributed by atoms with E-state index in [4.69, 9.17) is 9.97 Å². The minimum atomic E-state index is -0.726. The third kappa shape index (κ3) is 4.79. The van der Waals surface area contributed by atoms with Gasteiger partial charge >= 0.3 is 21.1 Å². The summed E-state index contributed by atoms with van der Waals surface area (Å²) in [6, 6.07) is 63.0. The molecule has 3 aromatic heterocycles. The maximum absolute atomic E-state index is 5.29. The van der Waals surface area contributed by atoms with Gasteiger partial charge in [-0.05, 0) is 73.8 Å². The summed E-state index contributed by atoms with van der Waals surface area (Å²) in [7, 11) is 0. The van der Waals surface area contributed by atoms with E-state index in [1.54, 1.807) is 0 Å². The van der Waals surface area contributed by atoms with Crippen molar-refractivity contribution >= 4 is 49.1 Å². The first-order valence-electron chi connectivity index (χ1n) is 18.7. The maximum atomic E-state index is 5.29. The third-order valence-electron chi connectivity index (χ3n) is 11.6. The average Bonchev–Trinajstić information content (AvgIpc) is 3.75. The Morgan fingerprint density at radius 3 is 2.00 bits per heavy atom. The molecule has 0 radical (unpaired) electrons. The summed E-state index contributed by atoms with van der Waals surface area (Å²) in [5.41, 5.74) is 13.5. The fourth-order valence-electron chi connectivity index (χ4n) is 9.07. The van der Waals surface area contributed by atoms with Crippen molar-refractivity contribution in [3.8, 4) is 22.4 Å². The van der Waals surface area contributed by atoms with Gasteiger partial charge in [-0.1, -0.05) is 135 Å². The molecule has 1 aliphatic rings. The molecule has 0 bridgehead atoms. The third-order valence-corrected chi connectivity index (χ3v) is 11.6. The number of imidazole rings is 1. The van der Waals surface area contributed by atoms with Gasteiger partial charge in [0.2, 0.25) is 0 Å². The van der Waals surface area contributed by atoms with Crippen LogP contribution in [0.25, 0.3) is 71.5 Å². The molecular weight excluding hydrogens is 850 g/mol. The van der Waals surface area contributed by atoms with E-state index < -0.39 is 5.41 Å². The zero-order chi connectivity index (χ0) is 36.2. The number of benzene rings is 7. The largest absolute Gasteiger partial charge is 2.00 e. The minimum absolute atomic E-state index is 0. The predicted molar refractivity (Wildman–Crippen MR) is 222 cm³/mol. The molecule has 1 aliphatic carbocycles. The van der Waals surface area contributed by atoms with Crippen LogP contribution in [0.4, 0.5) is 0 Å². The molecule has 0 atom stereocenters. The number of fused-ring (bicyclic) bond motifs is 12. The molecule has 0 aliphatic heterocycles. The fourth-order valence-corrected chi connectivity index (χ4v) is 9.07. The smallest absolute Gasteiger partial charge is 0.333 e. The molecule has 264 valence electrons. The topological polar surface area (TPSA) is 30.2 Å². The van der Waals surface area contributed by atoms with Crippen LogP contribution >= 0.6 is 0 Å². The van der Waals surface area contributed by atoms with Crippen molar-refractivity contribution in [2.45, 2.75) is 31.6 Å². The summed E-state index contributed by atoms with van der Waals surface area (Å²) in [4.78, 5) is 10.3. The summed E-state index contributed by atoms with van der Waals surface area (Å²) >= 11 is 0. The van der Waals surface area contributed by atoms with Crippen molar-refractivity contribution in [1.82, 2.24) is 14.4 Å². The van der Waals surface area contributed by atoms with Gasteiger partial charge in [-0.2, -0.15) is 0 Å². The van der Waals surface area contributed by atoms with E-state index in [0.29, 0.717) is 0 Å². The number of pyridine rings is 2. The van der Waals surface area contributed by atoms with Crippen LogP contribution in [-0.2, 0) is 31.9 Å². The quantitative estimate of drug-likeness (QED) is 0.131. The van der Waals surface area contributed by atoms with Gasteiger partial charge < -0.3 is 9.38 Å². The van der Waals surface area contributed by atoms with Gasteiger partial charge in [-0.3, -0.25) is 4.98 Å². The summed E-state index contributed by atoms with van der Waals surface area (Å²) in [6.45, 7) is 6.88. The van der Waals surface area contributed by atoms with E-state index in [9.17, 15) is 0 Å². The molecule has 10 aromatic rings. The van der Waals surface area contributed by atoms with E-state index in [1.807, 2.05) is 6.20 Å². The Morgan fingerprint density at radius 1 is 0.582 bits per heavy atom. The molecular formula is C51H35N3Pt. The second-order valence-corrected chi connectivity index (χ2v) is 15.6. The number of rotatable bonds is 3. The molecule has 0 amide bonds. The molecule has 0 N–H and O–H groups in total. The van der Waals surface area contributed by atoms with Gasteiger partial charge in [-0.25, -0.2) is 0 Å². The van der Waals surface area contributed by atoms with Crippen molar-refractivity contribution in [3.63, 3.8) is 0 Å². The first-order valence-corrected chi connectivity index (χ1v) is 18.7. The second kappa shape index (κ2) is 12.3. The summed E-state index contributed by atoms with van der Waals surface area (Å²) in [5.74, 6) is 0. The molecule has 3 nitrogen and oxygen atoms in total. The van der Waals surface area contributed by atoms with E-state index in [-0.39, 0.29) is 26.5 Å². The molecule has 55 heavy (non-hydrogen) atoms. The number of hydrogen-bond donors (Lipinski definition) is 0. The summed E-state index contributed by atoms with van der Waals surface area (Å²) < 4.78 is 2.31. The van der Waals surface area contributed by atoms with Crippen LogP contribution in [0.2, 0.25) is 0 Å². The molecule has 0 spiro atoms. The van der Waals surface area contributed by atoms with E-state index in [1.165, 1.54) is 33.2 Å². The average molecular weight is 885 g/mol. The van der Waals surface area contributed by atoms with Crippen LogP contribution in [0.5, 0.6) is 0 Å². The van der Waals surface area contributed by atoms with Crippen LogP contribution in [-0.4, -0.2) is 14.4 Å². The number of aromatic nitrogens is 3. The molecule has 11 rings (SSSR count). The normalized spacial score (nSPS) is 13.4. The molecule has 0 unspecified atom stereocenters. The van der Waals surface area contributed by atoms with Gasteiger partial charge in [-0.15, -0.1) is 58.7 Å². The molecule has 0 saturated heterocycles. The monoisotopic (exact) mass is 884 g/mol. The van der Waals surface area contributed by atoms with Gasteiger partial charge in [0.15, 0.2) is 0 Å². The van der Waals surface area contributed by atoms with Gasteiger partial charge in [0.05, 0.1) is 16.7 Å². The number of para-hydroxylation sites is 3. The molecule has 7 aromatic carbocycles. The fraction of sp³-hybridized carbons (Fsp3) is 0.0980. The van der Waals surface area contributed by atoms with Crippen LogP contribution in [0.1, 0.15) is 48.6 Å². The van der Waals surface area contributed by atoms with Crippen LogP contribution in [0, 0.1) is 12.1 Å². The summed E-state index contributed by atoms with van der Waals surface area (Å²) in [5, 5.41) is 5.60. The molecule has 0 saturated carbocycles. The Hall–Kier alpha value is -5.89. The van der Waals surface area contributed by atoms with E-state index in [2.05, 4.69) is 189 Å². The van der Waals surface area contributed by atoms with Gasteiger partial charge in [0, 0.05) is 17.1 Å². The number of nitrogens with zero attached hydrogens (tertiary/aromatic N) is 3. The molecule has 3 heterocycles. The minimum Gasteiger partial charge on any atom is -0.333 e. The second-order valence-electron chi connectivity index (χ2n) is 15.6. The Morgan fingerprint density at radius 2 is 1.24 bits per heavy atom. The Bertz CT molecular complexity index is 3120. The van der Waals surface area contributed by atoms with Crippen LogP contribution in [0.3, 0.4) is 0 Å². The van der Waals surface area contributed by atoms with E-state index >= 15 is 0 Å². The van der Waals surface area contributed by atoms with Crippen molar-refractivity contribution < 1.29 is 21.1 Å². The Balaban J connectivity index is 0.00000372. The van der Waals surface area contributed by atoms with Gasteiger partial charge in [0.25, 0.3) is 0 Å². The molecule has 0 fully saturated rings. The Kier molecular flexibility index (Phi) is 7.54. The maximum Gasteiger partial charge on any atom is 2.00 e. The van der Waals surface area contributed by atoms with Crippen molar-refractivity contribution in [1.29, 1.82) is 0 Å². The SMILES string of the molecule is CC(C)(C)c1cc(-c2nccc3ccccc23)[c-]c(C2(c3[c-]c4c(cc3)c3ccccc3n3c5ccccc5nc43)c3ccccc3-c3ccccc32)c1.[Pt+2]. The zero-order valence-electron chi connectivity index (χ0n) is 30.7. The van der Waals surface area contributed by atoms with Gasteiger partial charge in [0.1, 0.15) is 0 Å². The zero-order valence-corrected chi connectivity index (χ0v) is 32.9. The summed E-state index contributed by atoms with van der Waals surface area (Å²) in [6.07, 6.45) is 1.92. The molecule has 4 heteroatoms. The first kappa shape index (κ1) is 33.7. The standard InChI is InChI=1S/C51H35N3.Pt/c1-50(2,3)35-28-33(48-37-15-5-4-14-32(37)26-27-52-48)29-36(30-35)51(43-19-9-6-16-39(43)40-17-7-10-20-44(40)51)34-24-25-38-41-18-8-12-22-46(41)54-47-23-13-11-21-45(47)53-49(54)42(38)31-34;/h4-28,30H,1-3H3;/q-2;+2. The van der Waals surface area contributed by atoms with Crippen molar-refractivity contribution in [2.24, 2.45) is 0 Å². The van der Waals surface area contributed by atoms with Crippen molar-refractivity contribution in [2.75, 3.05) is 0 Å². The number of hydrogen-bond acceptors (Lipinski definition) is 2. The Labute approximate surface area is 334 Å². The van der Waals surface area contributed by atoms with Crippen molar-refractivity contribution in [3.05, 3.63) is 198 Å². The first-order chi connectivity index (χ1) is 26.4. The predicted octanol–water partition coefficient (Wildman–Crippen LogP) is 12.3. The van der Waals surface area contributed by atoms with Crippen LogP contribution < -0.4 is 0 Å². The van der Waals surface area contributed by atoms with Crippen LogP contribution in [0.15, 0.2) is 158 Å².